The van der Waals surface area contributed by atoms with Crippen molar-refractivity contribution in [3.8, 4) is 0 Å². The number of fused-ring (bicyclic) bond motifs is 1. The van der Waals surface area contributed by atoms with Gasteiger partial charge in [-0.3, -0.25) is 4.21 Å². The number of hydrogen-bond donors (Lipinski definition) is 2. The van der Waals surface area contributed by atoms with Crippen LogP contribution in [0.4, 0.5) is 16.6 Å². The Morgan fingerprint density at radius 3 is 2.81 bits per heavy atom. The fraction of sp³-hybridized carbons (Fsp3) is 0.421. The highest BCUT2D eigenvalue weighted by atomic mass is 35.5. The van der Waals surface area contributed by atoms with E-state index in [0.29, 0.717) is 52.8 Å². The van der Waals surface area contributed by atoms with E-state index in [9.17, 15) is 9.00 Å². The number of ether oxygens (including phenoxy) is 1. The van der Waals surface area contributed by atoms with E-state index in [1.807, 2.05) is 24.8 Å². The van der Waals surface area contributed by atoms with Crippen LogP contribution < -0.4 is 16.0 Å². The van der Waals surface area contributed by atoms with E-state index in [2.05, 4.69) is 25.3 Å². The zero-order valence-electron chi connectivity index (χ0n) is 17.1. The van der Waals surface area contributed by atoms with Crippen molar-refractivity contribution in [1.29, 1.82) is 0 Å². The molecule has 0 radical (unpaired) electrons. The number of hydrogen-bond acceptors (Lipinski definition) is 9. The van der Waals surface area contributed by atoms with Gasteiger partial charge in [-0.1, -0.05) is 17.7 Å². The molecule has 0 fully saturated rings. The zero-order chi connectivity index (χ0) is 22.2. The number of nitrogens with zero attached hydrogens (tertiary/aromatic N) is 5. The van der Waals surface area contributed by atoms with Crippen LogP contribution in [0, 0.1) is 0 Å². The first-order valence-corrected chi connectivity index (χ1v) is 11.3. The lowest BCUT2D eigenvalue weighted by Crippen LogP contribution is -2.39. The number of anilines is 2. The summed E-state index contributed by atoms with van der Waals surface area (Å²) in [6.07, 6.45) is 4.90. The molecule has 1 atom stereocenters. The fourth-order valence-electron chi connectivity index (χ4n) is 3.37. The molecular weight excluding hydrogens is 442 g/mol. The Hall–Kier alpha value is -2.79. The molecule has 2 aromatic rings. The fourth-order valence-corrected chi connectivity index (χ4v) is 4.77. The Bertz CT molecular complexity index is 1070. The minimum absolute atomic E-state index is 0.0341. The third-order valence-electron chi connectivity index (χ3n) is 4.82. The van der Waals surface area contributed by atoms with Crippen molar-refractivity contribution in [2.45, 2.75) is 30.7 Å². The summed E-state index contributed by atoms with van der Waals surface area (Å²) < 4.78 is 17.5. The van der Waals surface area contributed by atoms with Gasteiger partial charge in [-0.05, 0) is 13.8 Å². The zero-order valence-corrected chi connectivity index (χ0v) is 18.7. The molecule has 10 nitrogen and oxygen atoms in total. The number of aromatic nitrogens is 4. The lowest BCUT2D eigenvalue weighted by Gasteiger charge is -2.27. The molecule has 3 N–H and O–H groups in total. The number of nitrogens with one attached hydrogen (secondary N) is 1. The van der Waals surface area contributed by atoms with Crippen molar-refractivity contribution in [3.63, 3.8) is 0 Å². The molecule has 4 rings (SSSR count). The summed E-state index contributed by atoms with van der Waals surface area (Å²) in [5, 5.41) is 3.74. The van der Waals surface area contributed by atoms with Gasteiger partial charge in [0, 0.05) is 43.2 Å². The monoisotopic (exact) mass is 463 g/mol. The van der Waals surface area contributed by atoms with Crippen LogP contribution in [-0.2, 0) is 22.0 Å². The number of halogens is 1. The average Bonchev–Trinajstić information content (AvgIpc) is 3.34. The number of nitrogens with two attached hydrogens (primary N) is 1. The number of carbonyl (C=O) groups is 1. The van der Waals surface area contributed by atoms with E-state index in [-0.39, 0.29) is 6.61 Å². The maximum atomic E-state index is 12.6. The Morgan fingerprint density at radius 2 is 2.10 bits per heavy atom. The molecule has 0 unspecified atom stereocenters. The first kappa shape index (κ1) is 21.4. The van der Waals surface area contributed by atoms with E-state index >= 15 is 0 Å². The third kappa shape index (κ3) is 4.77. The van der Waals surface area contributed by atoms with Crippen molar-refractivity contribution in [2.24, 2.45) is 5.73 Å². The third-order valence-corrected chi connectivity index (χ3v) is 6.47. The molecular formula is C19H22ClN7O3S. The highest BCUT2D eigenvalue weighted by Crippen LogP contribution is 2.33. The summed E-state index contributed by atoms with van der Waals surface area (Å²) in [5.74, 6) is 2.11. The molecule has 164 valence electrons. The van der Waals surface area contributed by atoms with Crippen LogP contribution in [-0.4, -0.2) is 61.2 Å². The van der Waals surface area contributed by atoms with Crippen LogP contribution in [0.15, 0.2) is 23.4 Å². The molecule has 0 saturated carbocycles. The molecule has 1 amide bonds. The van der Waals surface area contributed by atoms with E-state index < -0.39 is 22.4 Å². The highest BCUT2D eigenvalue weighted by Gasteiger charge is 2.31. The lowest BCUT2D eigenvalue weighted by molar-refractivity contribution is 0.138. The quantitative estimate of drug-likeness (QED) is 0.656. The van der Waals surface area contributed by atoms with Gasteiger partial charge in [0.1, 0.15) is 17.3 Å². The van der Waals surface area contributed by atoms with Gasteiger partial charge in [-0.15, -0.1) is 0 Å². The van der Waals surface area contributed by atoms with Crippen LogP contribution in [0.1, 0.15) is 25.4 Å². The van der Waals surface area contributed by atoms with Gasteiger partial charge in [-0.2, -0.15) is 4.98 Å². The van der Waals surface area contributed by atoms with E-state index in [4.69, 9.17) is 22.1 Å². The second-order valence-corrected chi connectivity index (χ2v) is 9.84. The van der Waals surface area contributed by atoms with Gasteiger partial charge in [-0.25, -0.2) is 19.7 Å². The van der Waals surface area contributed by atoms with Crippen LogP contribution in [0.5, 0.6) is 0 Å². The predicted octanol–water partition coefficient (Wildman–Crippen LogP) is 1.77. The molecule has 31 heavy (non-hydrogen) atoms. The molecule has 2 aliphatic rings. The maximum Gasteiger partial charge on any atom is 0.404 e. The van der Waals surface area contributed by atoms with Crippen molar-refractivity contribution in [2.75, 3.05) is 35.7 Å². The molecule has 0 saturated heterocycles. The van der Waals surface area contributed by atoms with Crippen molar-refractivity contribution in [1.82, 2.24) is 19.9 Å². The Kier molecular flexibility index (Phi) is 5.80. The summed E-state index contributed by atoms with van der Waals surface area (Å²) in [5.41, 5.74) is 6.13. The van der Waals surface area contributed by atoms with Gasteiger partial charge >= 0.3 is 6.09 Å². The van der Waals surface area contributed by atoms with Gasteiger partial charge in [0.15, 0.2) is 5.82 Å². The number of primary amides is 1. The topological polar surface area (TPSA) is 136 Å². The number of rotatable bonds is 6. The predicted molar refractivity (Wildman–Crippen MR) is 117 cm³/mol. The van der Waals surface area contributed by atoms with Gasteiger partial charge in [0.2, 0.25) is 5.95 Å². The Morgan fingerprint density at radius 1 is 1.35 bits per heavy atom. The van der Waals surface area contributed by atoms with Crippen LogP contribution in [0.3, 0.4) is 0 Å². The second-order valence-electron chi connectivity index (χ2n) is 7.90. The van der Waals surface area contributed by atoms with Crippen molar-refractivity contribution in [3.05, 3.63) is 35.0 Å². The first-order chi connectivity index (χ1) is 14.7. The molecule has 0 aliphatic carbocycles. The molecule has 12 heteroatoms. The van der Waals surface area contributed by atoms with Gasteiger partial charge in [0.05, 0.1) is 27.1 Å². The average molecular weight is 464 g/mol. The van der Waals surface area contributed by atoms with E-state index in [1.165, 1.54) is 0 Å². The lowest BCUT2D eigenvalue weighted by atomic mass is 10.1. The number of aryl methyl sites for hydroxylation is 1. The minimum atomic E-state index is -1.19. The molecule has 0 aromatic carbocycles. The van der Waals surface area contributed by atoms with Gasteiger partial charge in [0.25, 0.3) is 0 Å². The smallest absolute Gasteiger partial charge is 0.404 e. The SMILES string of the molecule is CC(C)(COC(N)=O)Nc1nc(N2CC=C(c3ncc(Cl)cn3)C2)nc2c1[S@@](=O)CC2. The summed E-state index contributed by atoms with van der Waals surface area (Å²) in [6, 6.07) is 0. The summed E-state index contributed by atoms with van der Waals surface area (Å²) in [4.78, 5) is 31.5. The Balaban J connectivity index is 1.58. The van der Waals surface area contributed by atoms with Crippen LogP contribution in [0.2, 0.25) is 5.02 Å². The number of amides is 1. The van der Waals surface area contributed by atoms with Crippen molar-refractivity contribution < 1.29 is 13.7 Å². The summed E-state index contributed by atoms with van der Waals surface area (Å²) >= 11 is 5.88. The molecule has 2 aliphatic heterocycles. The molecule has 4 heterocycles. The largest absolute Gasteiger partial charge is 0.447 e. The molecule has 0 bridgehead atoms. The van der Waals surface area contributed by atoms with Crippen molar-refractivity contribution >= 4 is 45.8 Å². The number of carbonyl (C=O) groups excluding carboxylic acids is 1. The van der Waals surface area contributed by atoms with Crippen LogP contribution >= 0.6 is 11.6 Å². The van der Waals surface area contributed by atoms with Gasteiger partial charge < -0.3 is 20.7 Å². The highest BCUT2D eigenvalue weighted by molar-refractivity contribution is 7.85. The Labute approximate surface area is 186 Å². The summed E-state index contributed by atoms with van der Waals surface area (Å²) in [6.45, 7) is 4.85. The molecule has 2 aromatic heterocycles. The second kappa shape index (κ2) is 8.39. The maximum absolute atomic E-state index is 12.6. The van der Waals surface area contributed by atoms with E-state index in [0.717, 1.165) is 11.3 Å². The minimum Gasteiger partial charge on any atom is -0.447 e. The first-order valence-electron chi connectivity index (χ1n) is 9.63. The molecule has 0 spiro atoms. The normalized spacial score (nSPS) is 18.0. The van der Waals surface area contributed by atoms with Crippen LogP contribution in [0.25, 0.3) is 5.57 Å². The summed E-state index contributed by atoms with van der Waals surface area (Å²) in [7, 11) is -1.19. The van der Waals surface area contributed by atoms with E-state index in [1.54, 1.807) is 12.4 Å². The standard InChI is InChI=1S/C19H22ClN7O3S/c1-19(2,10-30-17(21)28)26-16-14-13(4-6-31(14)29)24-18(25-16)27-5-3-11(9-27)15-22-7-12(20)8-23-15/h3,7-8H,4-6,9-10H2,1-2H3,(H2,21,28)(H,24,25,26)/t31-/m0/s1.